The van der Waals surface area contributed by atoms with E-state index in [-0.39, 0.29) is 17.5 Å². The molecule has 0 fully saturated rings. The van der Waals surface area contributed by atoms with Gasteiger partial charge in [-0.2, -0.15) is 0 Å². The third-order valence-corrected chi connectivity index (χ3v) is 4.33. The average molecular weight is 284 g/mol. The quantitative estimate of drug-likeness (QED) is 0.872. The van der Waals surface area contributed by atoms with Crippen LogP contribution in [0, 0.1) is 0 Å². The Morgan fingerprint density at radius 2 is 2.11 bits per heavy atom. The van der Waals surface area contributed by atoms with Gasteiger partial charge in [-0.05, 0) is 34.1 Å². The molecule has 0 atom stereocenters. The molecular weight excluding hydrogens is 260 g/mol. The van der Waals surface area contributed by atoms with Crippen LogP contribution in [0.3, 0.4) is 0 Å². The molecule has 0 aromatic carbocycles. The Labute approximate surface area is 119 Å². The van der Waals surface area contributed by atoms with E-state index in [1.807, 2.05) is 27.7 Å². The van der Waals surface area contributed by atoms with Crippen LogP contribution in [-0.4, -0.2) is 34.4 Å². The van der Waals surface area contributed by atoms with E-state index in [4.69, 9.17) is 5.73 Å². The van der Waals surface area contributed by atoms with Crippen molar-refractivity contribution in [2.45, 2.75) is 52.6 Å². The lowest BCUT2D eigenvalue weighted by atomic mass is 10.00. The predicted molar refractivity (Wildman–Crippen MR) is 81.7 cm³/mol. The van der Waals surface area contributed by atoms with E-state index in [1.165, 1.54) is 11.3 Å². The Kier molecular flexibility index (Phi) is 4.79. The number of nitrogens with one attached hydrogen (secondary N) is 1. The van der Waals surface area contributed by atoms with E-state index >= 15 is 0 Å². The third-order valence-electron chi connectivity index (χ3n) is 3.34. The van der Waals surface area contributed by atoms with Crippen LogP contribution in [-0.2, 0) is 0 Å². The molecule has 1 rings (SSSR count). The van der Waals surface area contributed by atoms with Crippen molar-refractivity contribution >= 4 is 28.2 Å². The third kappa shape index (κ3) is 3.59. The van der Waals surface area contributed by atoms with E-state index in [0.717, 1.165) is 6.42 Å². The van der Waals surface area contributed by atoms with E-state index < -0.39 is 0 Å². The lowest BCUT2D eigenvalue weighted by molar-refractivity contribution is 0.0626. The first-order valence-corrected chi connectivity index (χ1v) is 7.31. The molecule has 108 valence electrons. The summed E-state index contributed by atoms with van der Waals surface area (Å²) in [5.41, 5.74) is 5.66. The van der Waals surface area contributed by atoms with Gasteiger partial charge in [0.2, 0.25) is 0 Å². The van der Waals surface area contributed by atoms with Gasteiger partial charge in [0.05, 0.1) is 0 Å². The molecule has 1 amide bonds. The van der Waals surface area contributed by atoms with Crippen molar-refractivity contribution in [1.29, 1.82) is 0 Å². The van der Waals surface area contributed by atoms with Gasteiger partial charge in [-0.15, -0.1) is 0 Å². The molecule has 6 heteroatoms. The van der Waals surface area contributed by atoms with Crippen LogP contribution in [0.4, 0.5) is 10.9 Å². The van der Waals surface area contributed by atoms with Crippen molar-refractivity contribution in [3.8, 4) is 0 Å². The second kappa shape index (κ2) is 5.77. The van der Waals surface area contributed by atoms with Gasteiger partial charge in [0.25, 0.3) is 5.91 Å². The zero-order valence-electron chi connectivity index (χ0n) is 12.6. The minimum absolute atomic E-state index is 0.0707. The SMILES string of the molecule is CCC(C)(C)N(C)C(=O)c1sc(NC(C)C)nc1N. The van der Waals surface area contributed by atoms with Gasteiger partial charge in [0.1, 0.15) is 10.7 Å². The fourth-order valence-electron chi connectivity index (χ4n) is 1.46. The molecule has 0 aliphatic rings. The fourth-order valence-corrected chi connectivity index (χ4v) is 2.46. The smallest absolute Gasteiger partial charge is 0.268 e. The van der Waals surface area contributed by atoms with Crippen LogP contribution >= 0.6 is 11.3 Å². The number of carbonyl (C=O) groups excluding carboxylic acids is 1. The summed E-state index contributed by atoms with van der Waals surface area (Å²) in [6.07, 6.45) is 0.880. The summed E-state index contributed by atoms with van der Waals surface area (Å²) in [5.74, 6) is 0.232. The molecule has 1 aromatic heterocycles. The first-order valence-electron chi connectivity index (χ1n) is 6.50. The number of aromatic nitrogens is 1. The standard InChI is InChI=1S/C13H24N4OS/c1-7-13(4,5)17(6)11(18)9-10(14)16-12(19-9)15-8(2)3/h8H,7,14H2,1-6H3,(H,15,16). The first kappa shape index (κ1) is 15.8. The van der Waals surface area contributed by atoms with Gasteiger partial charge < -0.3 is 16.0 Å². The molecule has 0 unspecified atom stereocenters. The van der Waals surface area contributed by atoms with Crippen LogP contribution in [0.5, 0.6) is 0 Å². The molecule has 0 saturated carbocycles. The number of thiazole rings is 1. The van der Waals surface area contributed by atoms with Crippen molar-refractivity contribution < 1.29 is 4.79 Å². The van der Waals surface area contributed by atoms with Crippen LogP contribution in [0.2, 0.25) is 0 Å². The van der Waals surface area contributed by atoms with E-state index in [9.17, 15) is 4.79 Å². The van der Waals surface area contributed by atoms with Gasteiger partial charge in [0.15, 0.2) is 5.13 Å². The Bertz CT molecular complexity index is 453. The number of nitrogen functional groups attached to an aromatic ring is 1. The molecule has 0 aliphatic heterocycles. The number of amides is 1. The minimum atomic E-state index is -0.195. The highest BCUT2D eigenvalue weighted by Gasteiger charge is 2.29. The first-order chi connectivity index (χ1) is 8.69. The lowest BCUT2D eigenvalue weighted by Crippen LogP contribution is -2.44. The molecule has 1 heterocycles. The Balaban J connectivity index is 2.97. The van der Waals surface area contributed by atoms with E-state index in [1.54, 1.807) is 11.9 Å². The van der Waals surface area contributed by atoms with E-state index in [2.05, 4.69) is 17.2 Å². The monoisotopic (exact) mass is 284 g/mol. The molecule has 0 spiro atoms. The molecule has 19 heavy (non-hydrogen) atoms. The summed E-state index contributed by atoms with van der Waals surface area (Å²) < 4.78 is 0. The minimum Gasteiger partial charge on any atom is -0.382 e. The number of nitrogens with zero attached hydrogens (tertiary/aromatic N) is 2. The van der Waals surface area contributed by atoms with Gasteiger partial charge in [-0.3, -0.25) is 4.79 Å². The summed E-state index contributed by atoms with van der Waals surface area (Å²) in [7, 11) is 1.81. The second-order valence-corrected chi connectivity index (χ2v) is 6.56. The molecule has 0 aliphatic carbocycles. The highest BCUT2D eigenvalue weighted by atomic mass is 32.1. The predicted octanol–water partition coefficient (Wildman–Crippen LogP) is 2.81. The average Bonchev–Trinajstić information content (AvgIpc) is 2.67. The van der Waals surface area contributed by atoms with Gasteiger partial charge in [-0.25, -0.2) is 4.98 Å². The maximum Gasteiger partial charge on any atom is 0.268 e. The molecular formula is C13H24N4OS. The topological polar surface area (TPSA) is 71.2 Å². The summed E-state index contributed by atoms with van der Waals surface area (Å²) in [4.78, 5) is 18.9. The summed E-state index contributed by atoms with van der Waals surface area (Å²) in [6.45, 7) is 10.2. The fraction of sp³-hybridized carbons (Fsp3) is 0.692. The Hall–Kier alpha value is -1.30. The lowest BCUT2D eigenvalue weighted by Gasteiger charge is -2.34. The number of carbonyl (C=O) groups is 1. The summed E-state index contributed by atoms with van der Waals surface area (Å²) in [5, 5.41) is 3.86. The molecule has 0 radical (unpaired) electrons. The highest BCUT2D eigenvalue weighted by Crippen LogP contribution is 2.29. The number of anilines is 2. The van der Waals surface area contributed by atoms with Crippen LogP contribution in [0.25, 0.3) is 0 Å². The van der Waals surface area contributed by atoms with Crippen LogP contribution < -0.4 is 11.1 Å². The van der Waals surface area contributed by atoms with Crippen LogP contribution in [0.1, 0.15) is 50.7 Å². The number of nitrogens with two attached hydrogens (primary N) is 1. The Morgan fingerprint density at radius 1 is 1.53 bits per heavy atom. The largest absolute Gasteiger partial charge is 0.382 e. The van der Waals surface area contributed by atoms with Gasteiger partial charge >= 0.3 is 0 Å². The molecule has 3 N–H and O–H groups in total. The van der Waals surface area contributed by atoms with E-state index in [0.29, 0.717) is 15.8 Å². The molecule has 0 bridgehead atoms. The zero-order valence-corrected chi connectivity index (χ0v) is 13.4. The number of hydrogen-bond donors (Lipinski definition) is 2. The maximum atomic E-state index is 12.5. The molecule has 1 aromatic rings. The Morgan fingerprint density at radius 3 is 2.58 bits per heavy atom. The van der Waals surface area contributed by atoms with Crippen molar-refractivity contribution in [2.75, 3.05) is 18.1 Å². The summed E-state index contributed by atoms with van der Waals surface area (Å²) in [6, 6.07) is 0.262. The highest BCUT2D eigenvalue weighted by molar-refractivity contribution is 7.18. The normalized spacial score (nSPS) is 11.7. The van der Waals surface area contributed by atoms with Crippen molar-refractivity contribution in [3.05, 3.63) is 4.88 Å². The maximum absolute atomic E-state index is 12.5. The zero-order chi connectivity index (χ0) is 14.8. The molecule has 5 nitrogen and oxygen atoms in total. The van der Waals surface area contributed by atoms with Crippen molar-refractivity contribution in [2.24, 2.45) is 0 Å². The van der Waals surface area contributed by atoms with Gasteiger partial charge in [-0.1, -0.05) is 18.3 Å². The van der Waals surface area contributed by atoms with Crippen molar-refractivity contribution in [1.82, 2.24) is 9.88 Å². The molecule has 0 saturated heterocycles. The summed E-state index contributed by atoms with van der Waals surface area (Å²) >= 11 is 1.31. The number of rotatable bonds is 5. The second-order valence-electron chi connectivity index (χ2n) is 5.56. The van der Waals surface area contributed by atoms with Crippen molar-refractivity contribution in [3.63, 3.8) is 0 Å². The van der Waals surface area contributed by atoms with Gasteiger partial charge in [0, 0.05) is 18.6 Å². The number of hydrogen-bond acceptors (Lipinski definition) is 5. The van der Waals surface area contributed by atoms with Crippen LogP contribution in [0.15, 0.2) is 0 Å².